The lowest BCUT2D eigenvalue weighted by Crippen LogP contribution is -2.35. The van der Waals surface area contributed by atoms with Crippen LogP contribution in [0.1, 0.15) is 18.4 Å². The van der Waals surface area contributed by atoms with Crippen molar-refractivity contribution in [3.05, 3.63) is 28.2 Å². The number of hydrogen-bond acceptors (Lipinski definition) is 3. The van der Waals surface area contributed by atoms with Crippen molar-refractivity contribution in [2.45, 2.75) is 25.4 Å². The van der Waals surface area contributed by atoms with Crippen molar-refractivity contribution in [1.82, 2.24) is 10.2 Å². The van der Waals surface area contributed by atoms with E-state index in [9.17, 15) is 0 Å². The molecule has 1 aliphatic heterocycles. The van der Waals surface area contributed by atoms with E-state index >= 15 is 0 Å². The van der Waals surface area contributed by atoms with E-state index in [-0.39, 0.29) is 0 Å². The van der Waals surface area contributed by atoms with Crippen LogP contribution in [0.3, 0.4) is 0 Å². The van der Waals surface area contributed by atoms with Gasteiger partial charge in [-0.15, -0.1) is 0 Å². The quantitative estimate of drug-likeness (QED) is 0.904. The number of benzene rings is 1. The van der Waals surface area contributed by atoms with Crippen LogP contribution in [0.25, 0.3) is 0 Å². The van der Waals surface area contributed by atoms with Crippen LogP contribution in [0.2, 0.25) is 0 Å². The fourth-order valence-corrected chi connectivity index (χ4v) is 3.03. The second kappa shape index (κ2) is 6.55. The van der Waals surface area contributed by atoms with Gasteiger partial charge in [0.2, 0.25) is 0 Å². The standard InChI is InChI=1S/C14H21BrN2O/c1-17-7-3-4-12(17)10-16-9-11-5-6-14(18-2)13(15)8-11/h5-6,8,12,16H,3-4,7,9-10H2,1-2H3. The first kappa shape index (κ1) is 13.8. The maximum atomic E-state index is 5.23. The molecule has 2 rings (SSSR count). The van der Waals surface area contributed by atoms with Gasteiger partial charge >= 0.3 is 0 Å². The Morgan fingerprint density at radius 3 is 2.94 bits per heavy atom. The molecule has 1 fully saturated rings. The van der Waals surface area contributed by atoms with Gasteiger partial charge in [0.25, 0.3) is 0 Å². The van der Waals surface area contributed by atoms with E-state index in [2.05, 4.69) is 45.3 Å². The molecular formula is C14H21BrN2O. The Hall–Kier alpha value is -0.580. The van der Waals surface area contributed by atoms with Crippen LogP contribution in [0.4, 0.5) is 0 Å². The van der Waals surface area contributed by atoms with Crippen molar-refractivity contribution in [2.24, 2.45) is 0 Å². The normalized spacial score (nSPS) is 20.3. The number of ether oxygens (including phenoxy) is 1. The Morgan fingerprint density at radius 1 is 1.50 bits per heavy atom. The first-order chi connectivity index (χ1) is 8.70. The van der Waals surface area contributed by atoms with E-state index in [0.717, 1.165) is 23.3 Å². The molecule has 1 aliphatic rings. The molecule has 0 saturated carbocycles. The highest BCUT2D eigenvalue weighted by Gasteiger charge is 2.19. The Labute approximate surface area is 118 Å². The molecule has 0 aliphatic carbocycles. The number of halogens is 1. The Bertz CT molecular complexity index is 397. The van der Waals surface area contributed by atoms with Gasteiger partial charge < -0.3 is 15.0 Å². The van der Waals surface area contributed by atoms with Crippen molar-refractivity contribution in [3.63, 3.8) is 0 Å². The predicted molar refractivity (Wildman–Crippen MR) is 78.1 cm³/mol. The van der Waals surface area contributed by atoms with E-state index in [4.69, 9.17) is 4.74 Å². The number of rotatable bonds is 5. The van der Waals surface area contributed by atoms with Gasteiger partial charge in [0.1, 0.15) is 5.75 Å². The molecule has 1 aromatic rings. The van der Waals surface area contributed by atoms with Crippen molar-refractivity contribution in [3.8, 4) is 5.75 Å². The third kappa shape index (κ3) is 3.46. The van der Waals surface area contributed by atoms with E-state index in [1.54, 1.807) is 7.11 Å². The Morgan fingerprint density at radius 2 is 2.33 bits per heavy atom. The zero-order valence-electron chi connectivity index (χ0n) is 11.1. The summed E-state index contributed by atoms with van der Waals surface area (Å²) in [6.45, 7) is 3.22. The van der Waals surface area contributed by atoms with Crippen LogP contribution in [0.5, 0.6) is 5.75 Å². The Kier molecular flexibility index (Phi) is 5.03. The van der Waals surface area contributed by atoms with E-state index in [1.165, 1.54) is 24.9 Å². The highest BCUT2D eigenvalue weighted by Crippen LogP contribution is 2.25. The highest BCUT2D eigenvalue weighted by molar-refractivity contribution is 9.10. The molecule has 18 heavy (non-hydrogen) atoms. The zero-order valence-corrected chi connectivity index (χ0v) is 12.7. The number of likely N-dealkylation sites (tertiary alicyclic amines) is 1. The summed E-state index contributed by atoms with van der Waals surface area (Å²) in [7, 11) is 3.90. The molecule has 0 amide bonds. The smallest absolute Gasteiger partial charge is 0.133 e. The Balaban J connectivity index is 1.81. The molecule has 1 saturated heterocycles. The van der Waals surface area contributed by atoms with Crippen LogP contribution in [0.15, 0.2) is 22.7 Å². The number of hydrogen-bond donors (Lipinski definition) is 1. The van der Waals surface area contributed by atoms with E-state index in [1.807, 2.05) is 6.07 Å². The van der Waals surface area contributed by atoms with Gasteiger partial charge in [-0.1, -0.05) is 6.07 Å². The first-order valence-corrected chi connectivity index (χ1v) is 7.23. The number of nitrogens with one attached hydrogen (secondary N) is 1. The molecule has 1 atom stereocenters. The van der Waals surface area contributed by atoms with E-state index < -0.39 is 0 Å². The third-order valence-electron chi connectivity index (χ3n) is 3.60. The monoisotopic (exact) mass is 312 g/mol. The van der Waals surface area contributed by atoms with Gasteiger partial charge in [0.05, 0.1) is 11.6 Å². The second-order valence-electron chi connectivity index (χ2n) is 4.88. The summed E-state index contributed by atoms with van der Waals surface area (Å²) in [6.07, 6.45) is 2.65. The molecule has 4 heteroatoms. The van der Waals surface area contributed by atoms with Crippen LogP contribution in [-0.2, 0) is 6.54 Å². The fraction of sp³-hybridized carbons (Fsp3) is 0.571. The summed E-state index contributed by atoms with van der Waals surface area (Å²) in [5, 5.41) is 3.54. The van der Waals surface area contributed by atoms with Crippen LogP contribution < -0.4 is 10.1 Å². The molecule has 0 radical (unpaired) electrons. The topological polar surface area (TPSA) is 24.5 Å². The molecule has 100 valence electrons. The molecule has 1 aromatic carbocycles. The second-order valence-corrected chi connectivity index (χ2v) is 5.73. The number of nitrogens with zero attached hydrogens (tertiary/aromatic N) is 1. The lowest BCUT2D eigenvalue weighted by atomic mass is 10.2. The molecular weight excluding hydrogens is 292 g/mol. The summed E-state index contributed by atoms with van der Waals surface area (Å²) < 4.78 is 6.24. The maximum absolute atomic E-state index is 5.23. The van der Waals surface area contributed by atoms with Gasteiger partial charge in [0, 0.05) is 19.1 Å². The van der Waals surface area contributed by atoms with Crippen molar-refractivity contribution in [2.75, 3.05) is 27.2 Å². The average Bonchev–Trinajstić information content (AvgIpc) is 2.75. The first-order valence-electron chi connectivity index (χ1n) is 6.44. The summed E-state index contributed by atoms with van der Waals surface area (Å²) in [5.41, 5.74) is 1.28. The molecule has 3 nitrogen and oxygen atoms in total. The maximum Gasteiger partial charge on any atom is 0.133 e. The van der Waals surface area contributed by atoms with Gasteiger partial charge in [0.15, 0.2) is 0 Å². The summed E-state index contributed by atoms with van der Waals surface area (Å²) >= 11 is 3.51. The van der Waals surface area contributed by atoms with Crippen molar-refractivity contribution >= 4 is 15.9 Å². The molecule has 0 aromatic heterocycles. The molecule has 0 spiro atoms. The van der Waals surface area contributed by atoms with Gasteiger partial charge in [-0.25, -0.2) is 0 Å². The SMILES string of the molecule is COc1ccc(CNCC2CCCN2C)cc1Br. The fourth-order valence-electron chi connectivity index (χ4n) is 2.44. The van der Waals surface area contributed by atoms with Crippen molar-refractivity contribution < 1.29 is 4.74 Å². The molecule has 1 unspecified atom stereocenters. The van der Waals surface area contributed by atoms with Crippen LogP contribution in [-0.4, -0.2) is 38.2 Å². The predicted octanol–water partition coefficient (Wildman–Crippen LogP) is 2.64. The van der Waals surface area contributed by atoms with Crippen molar-refractivity contribution in [1.29, 1.82) is 0 Å². The minimum absolute atomic E-state index is 0.701. The van der Waals surface area contributed by atoms with Crippen LogP contribution >= 0.6 is 15.9 Å². The summed E-state index contributed by atoms with van der Waals surface area (Å²) in [4.78, 5) is 2.44. The van der Waals surface area contributed by atoms with Gasteiger partial charge in [-0.3, -0.25) is 0 Å². The molecule has 1 N–H and O–H groups in total. The number of likely N-dealkylation sites (N-methyl/N-ethyl adjacent to an activating group) is 1. The van der Waals surface area contributed by atoms with Crippen LogP contribution in [0, 0.1) is 0 Å². The average molecular weight is 313 g/mol. The van der Waals surface area contributed by atoms with Gasteiger partial charge in [-0.2, -0.15) is 0 Å². The largest absolute Gasteiger partial charge is 0.496 e. The lowest BCUT2D eigenvalue weighted by molar-refractivity contribution is 0.300. The third-order valence-corrected chi connectivity index (χ3v) is 4.22. The zero-order chi connectivity index (χ0) is 13.0. The number of methoxy groups -OCH3 is 1. The minimum atomic E-state index is 0.701. The summed E-state index contributed by atoms with van der Waals surface area (Å²) in [5.74, 6) is 0.884. The summed E-state index contributed by atoms with van der Waals surface area (Å²) in [6, 6.07) is 6.92. The molecule has 1 heterocycles. The lowest BCUT2D eigenvalue weighted by Gasteiger charge is -2.19. The highest BCUT2D eigenvalue weighted by atomic mass is 79.9. The van der Waals surface area contributed by atoms with Gasteiger partial charge in [-0.05, 0) is 60.1 Å². The van der Waals surface area contributed by atoms with E-state index in [0.29, 0.717) is 6.04 Å². The minimum Gasteiger partial charge on any atom is -0.496 e. The molecule has 0 bridgehead atoms.